The number of benzene rings is 1. The van der Waals surface area contributed by atoms with Gasteiger partial charge in [-0.15, -0.1) is 0 Å². The summed E-state index contributed by atoms with van der Waals surface area (Å²) in [5, 5.41) is 20.6. The first kappa shape index (κ1) is 16.5. The van der Waals surface area contributed by atoms with Crippen LogP contribution in [0.3, 0.4) is 0 Å². The Balaban J connectivity index is 1.82. The highest BCUT2D eigenvalue weighted by molar-refractivity contribution is 9.10. The minimum Gasteiger partial charge on any atom is -0.506 e. The van der Waals surface area contributed by atoms with Gasteiger partial charge in [-0.25, -0.2) is 4.99 Å². The lowest BCUT2D eigenvalue weighted by molar-refractivity contribution is -0.384. The summed E-state index contributed by atoms with van der Waals surface area (Å²) in [6.45, 7) is 2.74. The van der Waals surface area contributed by atoms with Crippen LogP contribution in [0.25, 0.3) is 0 Å². The summed E-state index contributed by atoms with van der Waals surface area (Å²) in [6, 6.07) is 5.41. The minimum absolute atomic E-state index is 0.102. The molecule has 1 aromatic carbocycles. The van der Waals surface area contributed by atoms with E-state index in [2.05, 4.69) is 25.8 Å². The molecule has 0 unspecified atom stereocenters. The van der Waals surface area contributed by atoms with Gasteiger partial charge in [-0.05, 0) is 22.0 Å². The van der Waals surface area contributed by atoms with Crippen molar-refractivity contribution in [3.63, 3.8) is 0 Å². The second kappa shape index (κ2) is 7.02. The Kier molecular flexibility index (Phi) is 4.81. The summed E-state index contributed by atoms with van der Waals surface area (Å²) in [7, 11) is 0. The highest BCUT2D eigenvalue weighted by Gasteiger charge is 2.18. The Bertz CT molecular complexity index is 783. The number of rotatable bonds is 4. The quantitative estimate of drug-likeness (QED) is 0.484. The van der Waals surface area contributed by atoms with E-state index in [0.717, 1.165) is 17.6 Å². The van der Waals surface area contributed by atoms with Crippen LogP contribution in [0.1, 0.15) is 5.76 Å². The van der Waals surface area contributed by atoms with Crippen LogP contribution in [0.2, 0.25) is 0 Å². The van der Waals surface area contributed by atoms with E-state index in [1.54, 1.807) is 6.07 Å². The van der Waals surface area contributed by atoms with E-state index in [0.29, 0.717) is 24.9 Å². The molecule has 24 heavy (non-hydrogen) atoms. The van der Waals surface area contributed by atoms with E-state index < -0.39 is 4.92 Å². The average molecular weight is 396 g/mol. The maximum absolute atomic E-state index is 10.8. The molecule has 1 saturated heterocycles. The zero-order valence-corrected chi connectivity index (χ0v) is 14.1. The summed E-state index contributed by atoms with van der Waals surface area (Å²) < 4.78 is 11.8. The molecular formula is C15H14BrN3O5. The van der Waals surface area contributed by atoms with Crippen molar-refractivity contribution in [2.24, 2.45) is 4.99 Å². The number of aromatic hydroxyl groups is 1. The van der Waals surface area contributed by atoms with Gasteiger partial charge in [-0.2, -0.15) is 0 Å². The Morgan fingerprint density at radius 2 is 2.08 bits per heavy atom. The number of phenols is 1. The average Bonchev–Trinajstić information content (AvgIpc) is 2.95. The first-order valence-corrected chi connectivity index (χ1v) is 7.97. The summed E-state index contributed by atoms with van der Waals surface area (Å²) in [4.78, 5) is 16.4. The molecule has 0 saturated carbocycles. The molecule has 2 heterocycles. The van der Waals surface area contributed by atoms with Gasteiger partial charge in [0.25, 0.3) is 5.69 Å². The highest BCUT2D eigenvalue weighted by atomic mass is 79.9. The van der Waals surface area contributed by atoms with Gasteiger partial charge in [0.1, 0.15) is 17.2 Å². The zero-order chi connectivity index (χ0) is 17.1. The Morgan fingerprint density at radius 3 is 2.79 bits per heavy atom. The molecule has 2 aromatic rings. The van der Waals surface area contributed by atoms with Crippen LogP contribution in [-0.4, -0.2) is 42.5 Å². The molecule has 1 aromatic heterocycles. The maximum atomic E-state index is 10.8. The lowest BCUT2D eigenvalue weighted by Gasteiger charge is -2.26. The molecule has 0 amide bonds. The number of nitro groups is 1. The molecule has 3 rings (SSSR count). The first-order valence-electron chi connectivity index (χ1n) is 7.18. The predicted octanol–water partition coefficient (Wildman–Crippen LogP) is 3.24. The predicted molar refractivity (Wildman–Crippen MR) is 91.5 cm³/mol. The van der Waals surface area contributed by atoms with Crippen molar-refractivity contribution >= 4 is 39.4 Å². The molecule has 0 atom stereocenters. The molecule has 1 N–H and O–H groups in total. The molecule has 126 valence electrons. The van der Waals surface area contributed by atoms with E-state index in [1.807, 2.05) is 0 Å². The Morgan fingerprint density at radius 1 is 1.33 bits per heavy atom. The number of aliphatic imine (C=N–C) groups is 1. The van der Waals surface area contributed by atoms with E-state index in [1.165, 1.54) is 24.4 Å². The standard InChI is InChI=1S/C15H14BrN3O5/c16-12-8-11(24-15(12)18-3-5-23-6-4-18)9-17-13-7-10(19(21)22)1-2-14(13)20/h1-2,7-9,20H,3-6H2. The van der Waals surface area contributed by atoms with Crippen molar-refractivity contribution < 1.29 is 19.2 Å². The topological polar surface area (TPSA) is 101 Å². The normalized spacial score (nSPS) is 15.1. The van der Waals surface area contributed by atoms with Gasteiger partial charge < -0.3 is 19.2 Å². The van der Waals surface area contributed by atoms with E-state index >= 15 is 0 Å². The fourth-order valence-electron chi connectivity index (χ4n) is 2.28. The maximum Gasteiger partial charge on any atom is 0.271 e. The number of morpholine rings is 1. The third-order valence-electron chi connectivity index (χ3n) is 3.49. The van der Waals surface area contributed by atoms with Crippen molar-refractivity contribution in [2.75, 3.05) is 31.2 Å². The Labute approximate surface area is 145 Å². The van der Waals surface area contributed by atoms with Crippen molar-refractivity contribution in [3.8, 4) is 5.75 Å². The summed E-state index contributed by atoms with van der Waals surface area (Å²) >= 11 is 3.45. The van der Waals surface area contributed by atoms with Gasteiger partial charge in [0.05, 0.1) is 28.8 Å². The molecule has 0 spiro atoms. The number of furan rings is 1. The van der Waals surface area contributed by atoms with Crippen LogP contribution in [0, 0.1) is 10.1 Å². The number of hydrogen-bond acceptors (Lipinski definition) is 7. The van der Waals surface area contributed by atoms with Gasteiger partial charge >= 0.3 is 0 Å². The number of phenolic OH excluding ortho intramolecular Hbond substituents is 1. The monoisotopic (exact) mass is 395 g/mol. The molecule has 1 fully saturated rings. The van der Waals surface area contributed by atoms with Gasteiger partial charge in [-0.1, -0.05) is 0 Å². The third-order valence-corrected chi connectivity index (χ3v) is 4.05. The van der Waals surface area contributed by atoms with Crippen LogP contribution < -0.4 is 4.90 Å². The fourth-order valence-corrected chi connectivity index (χ4v) is 2.84. The first-order chi connectivity index (χ1) is 11.5. The number of non-ortho nitro benzene ring substituents is 1. The van der Waals surface area contributed by atoms with Crippen LogP contribution in [0.4, 0.5) is 17.3 Å². The van der Waals surface area contributed by atoms with Gasteiger partial charge in [0, 0.05) is 31.3 Å². The zero-order valence-electron chi connectivity index (χ0n) is 12.5. The summed E-state index contributed by atoms with van der Waals surface area (Å²) in [6.07, 6.45) is 1.41. The second-order valence-corrected chi connectivity index (χ2v) is 5.94. The SMILES string of the molecule is O=[N+]([O-])c1ccc(O)c(N=Cc2cc(Br)c(N3CCOCC3)o2)c1. The highest BCUT2D eigenvalue weighted by Crippen LogP contribution is 2.32. The molecule has 9 heteroatoms. The summed E-state index contributed by atoms with van der Waals surface area (Å²) in [5.74, 6) is 1.01. The van der Waals surface area contributed by atoms with Gasteiger partial charge in [-0.3, -0.25) is 10.1 Å². The second-order valence-electron chi connectivity index (χ2n) is 5.09. The fraction of sp³-hybridized carbons (Fsp3) is 0.267. The van der Waals surface area contributed by atoms with Crippen LogP contribution >= 0.6 is 15.9 Å². The molecule has 1 aliphatic heterocycles. The number of halogens is 1. The number of nitrogens with zero attached hydrogens (tertiary/aromatic N) is 3. The lowest BCUT2D eigenvalue weighted by Crippen LogP contribution is -2.36. The van der Waals surface area contributed by atoms with E-state index in [4.69, 9.17) is 9.15 Å². The minimum atomic E-state index is -0.543. The number of nitro benzene ring substituents is 1. The van der Waals surface area contributed by atoms with Crippen LogP contribution in [-0.2, 0) is 4.74 Å². The van der Waals surface area contributed by atoms with Crippen molar-refractivity contribution in [1.82, 2.24) is 0 Å². The van der Waals surface area contributed by atoms with Crippen molar-refractivity contribution in [2.45, 2.75) is 0 Å². The molecule has 0 radical (unpaired) electrons. The van der Waals surface area contributed by atoms with E-state index in [-0.39, 0.29) is 17.1 Å². The number of anilines is 1. The molecule has 1 aliphatic rings. The molecule has 8 nitrogen and oxygen atoms in total. The van der Waals surface area contributed by atoms with Crippen LogP contribution in [0.5, 0.6) is 5.75 Å². The van der Waals surface area contributed by atoms with Gasteiger partial charge in [0.15, 0.2) is 0 Å². The Hall–Kier alpha value is -2.39. The van der Waals surface area contributed by atoms with E-state index in [9.17, 15) is 15.2 Å². The number of hydrogen-bond donors (Lipinski definition) is 1. The smallest absolute Gasteiger partial charge is 0.271 e. The van der Waals surface area contributed by atoms with Crippen molar-refractivity contribution in [3.05, 3.63) is 44.6 Å². The largest absolute Gasteiger partial charge is 0.506 e. The molecule has 0 aliphatic carbocycles. The summed E-state index contributed by atoms with van der Waals surface area (Å²) in [5.41, 5.74) is -0.0424. The van der Waals surface area contributed by atoms with Crippen molar-refractivity contribution in [1.29, 1.82) is 0 Å². The number of ether oxygens (including phenoxy) is 1. The molecular weight excluding hydrogens is 382 g/mol. The third kappa shape index (κ3) is 3.57. The lowest BCUT2D eigenvalue weighted by atomic mass is 10.2. The van der Waals surface area contributed by atoms with Gasteiger partial charge in [0.2, 0.25) is 5.88 Å². The molecule has 0 bridgehead atoms. The van der Waals surface area contributed by atoms with Crippen LogP contribution in [0.15, 0.2) is 38.1 Å².